The molecule has 7 nitrogen and oxygen atoms in total. The molecule has 0 aliphatic carbocycles. The number of ether oxygens (including phenoxy) is 1. The summed E-state index contributed by atoms with van der Waals surface area (Å²) in [7, 11) is 1.66. The fourth-order valence-electron chi connectivity index (χ4n) is 4.13. The van der Waals surface area contributed by atoms with Gasteiger partial charge in [-0.25, -0.2) is 4.98 Å². The van der Waals surface area contributed by atoms with Gasteiger partial charge in [-0.2, -0.15) is 4.98 Å². The molecule has 3 heterocycles. The van der Waals surface area contributed by atoms with E-state index in [1.54, 1.807) is 7.11 Å². The van der Waals surface area contributed by atoms with Crippen molar-refractivity contribution < 1.29 is 4.74 Å². The fourth-order valence-corrected chi connectivity index (χ4v) is 4.30. The summed E-state index contributed by atoms with van der Waals surface area (Å²) in [5.41, 5.74) is 3.96. The zero-order valence-corrected chi connectivity index (χ0v) is 19.4. The number of nitrogens with zero attached hydrogens (tertiary/aromatic N) is 5. The van der Waals surface area contributed by atoms with Gasteiger partial charge in [0.05, 0.1) is 12.6 Å². The molecule has 1 aliphatic rings. The van der Waals surface area contributed by atoms with Crippen molar-refractivity contribution in [2.75, 3.05) is 48.4 Å². The highest BCUT2D eigenvalue weighted by Crippen LogP contribution is 2.29. The lowest BCUT2D eigenvalue weighted by Crippen LogP contribution is -2.47. The van der Waals surface area contributed by atoms with Gasteiger partial charge in [-0.15, -0.1) is 0 Å². The van der Waals surface area contributed by atoms with Gasteiger partial charge in [-0.3, -0.25) is 4.98 Å². The Morgan fingerprint density at radius 3 is 2.42 bits per heavy atom. The molecule has 33 heavy (non-hydrogen) atoms. The third-order valence-corrected chi connectivity index (χ3v) is 6.05. The van der Waals surface area contributed by atoms with Crippen molar-refractivity contribution in [1.82, 2.24) is 15.0 Å². The van der Waals surface area contributed by atoms with Crippen LogP contribution in [0.3, 0.4) is 0 Å². The molecule has 0 atom stereocenters. The number of benzene rings is 2. The van der Waals surface area contributed by atoms with Crippen LogP contribution >= 0.6 is 11.6 Å². The van der Waals surface area contributed by atoms with Crippen molar-refractivity contribution in [3.05, 3.63) is 71.5 Å². The van der Waals surface area contributed by atoms with Gasteiger partial charge in [0.2, 0.25) is 5.95 Å². The van der Waals surface area contributed by atoms with E-state index in [1.807, 2.05) is 55.6 Å². The van der Waals surface area contributed by atoms with E-state index in [2.05, 4.69) is 37.2 Å². The van der Waals surface area contributed by atoms with Crippen LogP contribution in [-0.2, 0) is 0 Å². The number of fused-ring (bicyclic) bond motifs is 1. The van der Waals surface area contributed by atoms with E-state index in [-0.39, 0.29) is 0 Å². The van der Waals surface area contributed by atoms with Crippen LogP contribution in [0.15, 0.2) is 60.8 Å². The first-order valence-corrected chi connectivity index (χ1v) is 11.3. The predicted octanol–water partition coefficient (Wildman–Crippen LogP) is 5.07. The van der Waals surface area contributed by atoms with Gasteiger partial charge in [-0.1, -0.05) is 11.6 Å². The van der Waals surface area contributed by atoms with E-state index in [9.17, 15) is 0 Å². The van der Waals surface area contributed by atoms with Crippen LogP contribution in [0, 0.1) is 6.92 Å². The fraction of sp³-hybridized carbons (Fsp3) is 0.240. The van der Waals surface area contributed by atoms with E-state index < -0.39 is 0 Å². The summed E-state index contributed by atoms with van der Waals surface area (Å²) in [5, 5.41) is 5.13. The standard InChI is InChI=1S/C25H25ClN6O/c1-17-15-24(30-25(28-17)29-19-4-6-20(33-2)7-5-19)32-13-11-31(12-14-32)23-9-10-27-22-16-18(26)3-8-21(22)23/h3-10,15-16H,11-14H2,1-2H3,(H,28,29,30). The Kier molecular flexibility index (Phi) is 5.88. The number of rotatable bonds is 5. The molecule has 168 valence electrons. The molecular formula is C25H25ClN6O. The van der Waals surface area contributed by atoms with Gasteiger partial charge in [0.15, 0.2) is 0 Å². The van der Waals surface area contributed by atoms with Crippen LogP contribution in [0.5, 0.6) is 5.75 Å². The molecule has 0 spiro atoms. The quantitative estimate of drug-likeness (QED) is 0.446. The van der Waals surface area contributed by atoms with E-state index in [1.165, 1.54) is 5.69 Å². The molecule has 1 N–H and O–H groups in total. The van der Waals surface area contributed by atoms with Crippen molar-refractivity contribution in [2.24, 2.45) is 0 Å². The van der Waals surface area contributed by atoms with Crippen LogP contribution in [-0.4, -0.2) is 48.2 Å². The van der Waals surface area contributed by atoms with Crippen molar-refractivity contribution in [3.63, 3.8) is 0 Å². The second-order valence-electron chi connectivity index (χ2n) is 8.01. The lowest BCUT2D eigenvalue weighted by molar-refractivity contribution is 0.415. The molecule has 0 radical (unpaired) electrons. The second-order valence-corrected chi connectivity index (χ2v) is 8.45. The summed E-state index contributed by atoms with van der Waals surface area (Å²) in [6, 6.07) is 17.7. The van der Waals surface area contributed by atoms with Crippen molar-refractivity contribution >= 4 is 45.6 Å². The number of anilines is 4. The molecule has 0 saturated carbocycles. The highest BCUT2D eigenvalue weighted by Gasteiger charge is 2.21. The number of aryl methyl sites for hydroxylation is 1. The lowest BCUT2D eigenvalue weighted by Gasteiger charge is -2.37. The zero-order chi connectivity index (χ0) is 22.8. The summed E-state index contributed by atoms with van der Waals surface area (Å²) < 4.78 is 5.23. The monoisotopic (exact) mass is 460 g/mol. The Balaban J connectivity index is 1.31. The predicted molar refractivity (Wildman–Crippen MR) is 134 cm³/mol. The number of aromatic nitrogens is 3. The average molecular weight is 461 g/mol. The molecular weight excluding hydrogens is 436 g/mol. The number of hydrogen-bond acceptors (Lipinski definition) is 7. The maximum absolute atomic E-state index is 6.15. The zero-order valence-electron chi connectivity index (χ0n) is 18.6. The van der Waals surface area contributed by atoms with Gasteiger partial charge >= 0.3 is 0 Å². The summed E-state index contributed by atoms with van der Waals surface area (Å²) in [6.45, 7) is 5.53. The van der Waals surface area contributed by atoms with Gasteiger partial charge in [0.1, 0.15) is 11.6 Å². The van der Waals surface area contributed by atoms with Crippen LogP contribution in [0.1, 0.15) is 5.69 Å². The van der Waals surface area contributed by atoms with Crippen LogP contribution in [0.4, 0.5) is 23.1 Å². The molecule has 1 saturated heterocycles. The summed E-state index contributed by atoms with van der Waals surface area (Å²) in [5.74, 6) is 2.34. The second kappa shape index (κ2) is 9.11. The maximum Gasteiger partial charge on any atom is 0.229 e. The van der Waals surface area contributed by atoms with E-state index in [0.29, 0.717) is 11.0 Å². The molecule has 0 amide bonds. The third-order valence-electron chi connectivity index (χ3n) is 5.81. The number of hydrogen-bond donors (Lipinski definition) is 1. The molecule has 0 unspecified atom stereocenters. The Bertz CT molecular complexity index is 1270. The molecule has 2 aromatic heterocycles. The molecule has 1 fully saturated rings. The number of methoxy groups -OCH3 is 1. The number of piperazine rings is 1. The number of nitrogens with one attached hydrogen (secondary N) is 1. The van der Waals surface area contributed by atoms with E-state index in [4.69, 9.17) is 21.3 Å². The molecule has 8 heteroatoms. The number of pyridine rings is 1. The summed E-state index contributed by atoms with van der Waals surface area (Å²) in [4.78, 5) is 18.5. The smallest absolute Gasteiger partial charge is 0.229 e. The van der Waals surface area contributed by atoms with Crippen molar-refractivity contribution in [2.45, 2.75) is 6.92 Å². The Hall–Kier alpha value is -3.58. The average Bonchev–Trinajstić information content (AvgIpc) is 2.84. The van der Waals surface area contributed by atoms with Crippen LogP contribution < -0.4 is 19.9 Å². The largest absolute Gasteiger partial charge is 0.497 e. The Labute approximate surface area is 198 Å². The highest BCUT2D eigenvalue weighted by atomic mass is 35.5. The van der Waals surface area contributed by atoms with E-state index in [0.717, 1.165) is 60.0 Å². The number of halogens is 1. The minimum atomic E-state index is 0.592. The van der Waals surface area contributed by atoms with Gasteiger partial charge in [0, 0.05) is 65.9 Å². The lowest BCUT2D eigenvalue weighted by atomic mass is 10.1. The summed E-state index contributed by atoms with van der Waals surface area (Å²) in [6.07, 6.45) is 1.85. The molecule has 5 rings (SSSR count). The molecule has 1 aliphatic heterocycles. The minimum absolute atomic E-state index is 0.592. The Morgan fingerprint density at radius 1 is 0.909 bits per heavy atom. The minimum Gasteiger partial charge on any atom is -0.497 e. The molecule has 4 aromatic rings. The normalized spacial score (nSPS) is 13.9. The maximum atomic E-state index is 6.15. The highest BCUT2D eigenvalue weighted by molar-refractivity contribution is 6.31. The Morgan fingerprint density at radius 2 is 1.67 bits per heavy atom. The summed E-state index contributed by atoms with van der Waals surface area (Å²) >= 11 is 6.15. The van der Waals surface area contributed by atoms with Gasteiger partial charge < -0.3 is 19.9 Å². The first kappa shape index (κ1) is 21.3. The van der Waals surface area contributed by atoms with Crippen LogP contribution in [0.25, 0.3) is 10.9 Å². The molecule has 0 bridgehead atoms. The van der Waals surface area contributed by atoms with Gasteiger partial charge in [0.25, 0.3) is 0 Å². The van der Waals surface area contributed by atoms with Gasteiger partial charge in [-0.05, 0) is 55.5 Å². The first-order chi connectivity index (χ1) is 16.1. The van der Waals surface area contributed by atoms with E-state index >= 15 is 0 Å². The van der Waals surface area contributed by atoms with Crippen molar-refractivity contribution in [1.29, 1.82) is 0 Å². The topological polar surface area (TPSA) is 66.4 Å². The van der Waals surface area contributed by atoms with Crippen LogP contribution in [0.2, 0.25) is 5.02 Å². The molecule has 2 aromatic carbocycles. The van der Waals surface area contributed by atoms with Crippen molar-refractivity contribution in [3.8, 4) is 5.75 Å². The first-order valence-electron chi connectivity index (χ1n) is 10.9. The SMILES string of the molecule is COc1ccc(Nc2nc(C)cc(N3CCN(c4ccnc5cc(Cl)ccc45)CC3)n2)cc1. The third kappa shape index (κ3) is 4.64.